The molecule has 0 amide bonds. The molecule has 0 spiro atoms. The van der Waals surface area contributed by atoms with Crippen LogP contribution in [-0.4, -0.2) is 39.8 Å². The summed E-state index contributed by atoms with van der Waals surface area (Å²) in [7, 11) is -6.02. The number of hydrogen-bond donors (Lipinski definition) is 1. The van der Waals surface area contributed by atoms with Crippen molar-refractivity contribution >= 4 is 31.4 Å². The van der Waals surface area contributed by atoms with Gasteiger partial charge in [-0.15, -0.1) is 0 Å². The minimum Gasteiger partial charge on any atom is -0.497 e. The largest absolute Gasteiger partial charge is 0.497 e. The number of benzene rings is 3. The third kappa shape index (κ3) is 4.78. The molecule has 1 unspecified atom stereocenters. The highest BCUT2D eigenvalue weighted by Gasteiger charge is 2.38. The van der Waals surface area contributed by atoms with E-state index in [0.29, 0.717) is 22.7 Å². The van der Waals surface area contributed by atoms with E-state index in [2.05, 4.69) is 9.82 Å². The number of sulfonamides is 2. The van der Waals surface area contributed by atoms with Crippen molar-refractivity contribution in [1.82, 2.24) is 4.41 Å². The van der Waals surface area contributed by atoms with Crippen molar-refractivity contribution < 1.29 is 21.6 Å². The maximum atomic E-state index is 13.6. The molecule has 1 aliphatic rings. The zero-order valence-corrected chi connectivity index (χ0v) is 20.4. The minimum absolute atomic E-state index is 0.0826. The number of methoxy groups -OCH3 is 1. The lowest BCUT2D eigenvalue weighted by Gasteiger charge is -2.23. The number of anilines is 1. The van der Waals surface area contributed by atoms with E-state index < -0.39 is 26.1 Å². The molecule has 0 saturated carbocycles. The fourth-order valence-corrected chi connectivity index (χ4v) is 5.81. The molecule has 1 aliphatic heterocycles. The summed E-state index contributed by atoms with van der Waals surface area (Å²) in [5.74, 6) is 0.458. The van der Waals surface area contributed by atoms with Crippen LogP contribution in [0.1, 0.15) is 30.5 Å². The Balaban J connectivity index is 1.80. The highest BCUT2D eigenvalue weighted by Crippen LogP contribution is 2.38. The highest BCUT2D eigenvalue weighted by molar-refractivity contribution is 7.92. The number of hydrazone groups is 1. The van der Waals surface area contributed by atoms with Crippen LogP contribution in [0.25, 0.3) is 0 Å². The topological polar surface area (TPSA) is 105 Å². The lowest BCUT2D eigenvalue weighted by molar-refractivity contribution is 0.371. The summed E-state index contributed by atoms with van der Waals surface area (Å²) in [4.78, 5) is 0.0826. The quantitative estimate of drug-likeness (QED) is 0.504. The first-order valence-corrected chi connectivity index (χ1v) is 13.7. The number of rotatable bonds is 8. The molecular weight excluding hydrogens is 474 g/mol. The molecule has 0 aromatic heterocycles. The molecular formula is C24H25N3O5S2. The SMILES string of the molecule is CCS(=O)(=O)Nc1ccccc1C1=NN(S(=O)(=O)c2ccc(OC)cc2)C(c2ccccc2)C1. The van der Waals surface area contributed by atoms with Crippen LogP contribution in [0.4, 0.5) is 5.69 Å². The normalized spacial score (nSPS) is 16.2. The van der Waals surface area contributed by atoms with Gasteiger partial charge in [-0.05, 0) is 42.8 Å². The third-order valence-electron chi connectivity index (χ3n) is 5.54. The molecule has 1 heterocycles. The average molecular weight is 500 g/mol. The summed E-state index contributed by atoms with van der Waals surface area (Å²) >= 11 is 0. The standard InChI is InChI=1S/C24H25N3O5S2/c1-3-33(28,29)26-22-12-8-7-11-21(22)23-17-24(18-9-5-4-6-10-18)27(25-23)34(30,31)20-15-13-19(32-2)14-16-20/h4-16,24,26H,3,17H2,1-2H3. The van der Waals surface area contributed by atoms with Crippen LogP contribution < -0.4 is 9.46 Å². The van der Waals surface area contributed by atoms with Gasteiger partial charge in [-0.3, -0.25) is 4.72 Å². The zero-order valence-electron chi connectivity index (χ0n) is 18.7. The number of ether oxygens (including phenoxy) is 1. The number of nitrogens with one attached hydrogen (secondary N) is 1. The smallest absolute Gasteiger partial charge is 0.279 e. The van der Waals surface area contributed by atoms with Crippen LogP contribution in [0.5, 0.6) is 5.75 Å². The lowest BCUT2D eigenvalue weighted by atomic mass is 9.98. The molecule has 0 saturated heterocycles. The first kappa shape index (κ1) is 23.8. The van der Waals surface area contributed by atoms with Gasteiger partial charge in [-0.2, -0.15) is 17.9 Å². The molecule has 34 heavy (non-hydrogen) atoms. The molecule has 8 nitrogen and oxygen atoms in total. The Morgan fingerprint density at radius 2 is 1.59 bits per heavy atom. The average Bonchev–Trinajstić information content (AvgIpc) is 3.31. The van der Waals surface area contributed by atoms with Crippen LogP contribution in [0.15, 0.2) is 88.9 Å². The molecule has 0 fully saturated rings. The van der Waals surface area contributed by atoms with Crippen molar-refractivity contribution in [2.75, 3.05) is 17.6 Å². The van der Waals surface area contributed by atoms with Crippen LogP contribution in [-0.2, 0) is 20.0 Å². The second kappa shape index (κ2) is 9.47. The van der Waals surface area contributed by atoms with Crippen molar-refractivity contribution in [2.24, 2.45) is 5.10 Å². The van der Waals surface area contributed by atoms with Crippen molar-refractivity contribution in [1.29, 1.82) is 0 Å². The number of nitrogens with zero attached hydrogens (tertiary/aromatic N) is 2. The Kier molecular flexibility index (Phi) is 6.63. The van der Waals surface area contributed by atoms with E-state index in [1.807, 2.05) is 30.3 Å². The Bertz CT molecular complexity index is 1400. The maximum absolute atomic E-state index is 13.6. The van der Waals surface area contributed by atoms with Crippen molar-refractivity contribution in [3.8, 4) is 5.75 Å². The second-order valence-corrected chi connectivity index (χ2v) is 11.5. The van der Waals surface area contributed by atoms with Gasteiger partial charge >= 0.3 is 0 Å². The molecule has 0 radical (unpaired) electrons. The van der Waals surface area contributed by atoms with Gasteiger partial charge < -0.3 is 4.74 Å². The van der Waals surface area contributed by atoms with Crippen LogP contribution >= 0.6 is 0 Å². The summed E-state index contributed by atoms with van der Waals surface area (Å²) in [6.45, 7) is 1.55. The Labute approximate surface area is 200 Å². The maximum Gasteiger partial charge on any atom is 0.279 e. The summed E-state index contributed by atoms with van der Waals surface area (Å²) in [6.07, 6.45) is 0.282. The lowest BCUT2D eigenvalue weighted by Crippen LogP contribution is -2.27. The molecule has 1 N–H and O–H groups in total. The van der Waals surface area contributed by atoms with E-state index in [1.165, 1.54) is 19.2 Å². The first-order chi connectivity index (χ1) is 16.2. The molecule has 0 bridgehead atoms. The second-order valence-electron chi connectivity index (χ2n) is 7.68. The third-order valence-corrected chi connectivity index (χ3v) is 8.53. The van der Waals surface area contributed by atoms with Gasteiger partial charge in [0.05, 0.1) is 35.2 Å². The Morgan fingerprint density at radius 1 is 0.941 bits per heavy atom. The number of hydrogen-bond acceptors (Lipinski definition) is 6. The first-order valence-electron chi connectivity index (χ1n) is 10.7. The van der Waals surface area contributed by atoms with E-state index in [0.717, 1.165) is 9.98 Å². The Hall–Kier alpha value is -3.37. The predicted molar refractivity (Wildman–Crippen MR) is 132 cm³/mol. The molecule has 10 heteroatoms. The van der Waals surface area contributed by atoms with E-state index >= 15 is 0 Å². The molecule has 0 aliphatic carbocycles. The summed E-state index contributed by atoms with van der Waals surface area (Å²) in [5, 5.41) is 4.52. The van der Waals surface area contributed by atoms with Gasteiger partial charge in [0.1, 0.15) is 5.75 Å². The van der Waals surface area contributed by atoms with Gasteiger partial charge in [0.2, 0.25) is 10.0 Å². The van der Waals surface area contributed by atoms with E-state index in [1.54, 1.807) is 43.3 Å². The van der Waals surface area contributed by atoms with E-state index in [-0.39, 0.29) is 17.1 Å². The van der Waals surface area contributed by atoms with Crippen LogP contribution in [0.3, 0.4) is 0 Å². The fraction of sp³-hybridized carbons (Fsp3) is 0.208. The van der Waals surface area contributed by atoms with Crippen LogP contribution in [0.2, 0.25) is 0 Å². The highest BCUT2D eigenvalue weighted by atomic mass is 32.2. The van der Waals surface area contributed by atoms with Crippen LogP contribution in [0, 0.1) is 0 Å². The van der Waals surface area contributed by atoms with Gasteiger partial charge in [0, 0.05) is 12.0 Å². The molecule has 3 aromatic carbocycles. The van der Waals surface area contributed by atoms with Gasteiger partial charge in [-0.25, -0.2) is 8.42 Å². The molecule has 1 atom stereocenters. The zero-order chi connectivity index (χ0) is 24.3. The number of para-hydroxylation sites is 1. The minimum atomic E-state index is -4.00. The molecule has 178 valence electrons. The van der Waals surface area contributed by atoms with Gasteiger partial charge in [-0.1, -0.05) is 48.5 Å². The van der Waals surface area contributed by atoms with Gasteiger partial charge in [0.25, 0.3) is 10.0 Å². The van der Waals surface area contributed by atoms with Crippen molar-refractivity contribution in [3.63, 3.8) is 0 Å². The fourth-order valence-electron chi connectivity index (χ4n) is 3.72. The summed E-state index contributed by atoms with van der Waals surface area (Å²) < 4.78 is 60.5. The summed E-state index contributed by atoms with van der Waals surface area (Å²) in [5.41, 5.74) is 2.15. The molecule has 3 aromatic rings. The predicted octanol–water partition coefficient (Wildman–Crippen LogP) is 4.00. The van der Waals surface area contributed by atoms with Crippen molar-refractivity contribution in [2.45, 2.75) is 24.3 Å². The van der Waals surface area contributed by atoms with Crippen molar-refractivity contribution in [3.05, 3.63) is 90.0 Å². The van der Waals surface area contributed by atoms with E-state index in [9.17, 15) is 16.8 Å². The van der Waals surface area contributed by atoms with E-state index in [4.69, 9.17) is 4.74 Å². The van der Waals surface area contributed by atoms with Gasteiger partial charge in [0.15, 0.2) is 0 Å². The summed E-state index contributed by atoms with van der Waals surface area (Å²) in [6, 6.07) is 21.6. The monoisotopic (exact) mass is 499 g/mol. The molecule has 4 rings (SSSR count). The Morgan fingerprint density at radius 3 is 2.24 bits per heavy atom.